The summed E-state index contributed by atoms with van der Waals surface area (Å²) in [5, 5.41) is 23.0. The zero-order valence-electron chi connectivity index (χ0n) is 24.9. The Morgan fingerprint density at radius 1 is 1.16 bits per heavy atom. The lowest BCUT2D eigenvalue weighted by molar-refractivity contribution is -0.0312. The molecule has 244 valence electrons. The fraction of sp³-hybridized carbons (Fsp3) is 0.607. The van der Waals surface area contributed by atoms with E-state index in [0.717, 1.165) is 0 Å². The third-order valence-electron chi connectivity index (χ3n) is 8.19. The quantitative estimate of drug-likeness (QED) is 0.239. The first-order valence-corrected chi connectivity index (χ1v) is 17.6. The molecule has 0 amide bonds. The molecular formula is C28H41N5O9S2. The highest BCUT2D eigenvalue weighted by molar-refractivity contribution is 7.89. The van der Waals surface area contributed by atoms with E-state index >= 15 is 0 Å². The molecule has 5 rings (SSSR count). The molecule has 2 aromatic rings. The number of sulfonamides is 2. The first kappa shape index (κ1) is 32.8. The SMILES string of the molecule is CC(CO)NS(=O)(=O)c1cccc(OCC(O)CN[C@H]2COC3(CCN(S(=O)(=O)c4cnc5c(c4)N(C)CCO5)CC3)C2)c1. The lowest BCUT2D eigenvalue weighted by Gasteiger charge is -2.38. The van der Waals surface area contributed by atoms with Gasteiger partial charge in [0, 0.05) is 44.8 Å². The molecule has 16 heteroatoms. The summed E-state index contributed by atoms with van der Waals surface area (Å²) in [4.78, 5) is 6.31. The maximum atomic E-state index is 13.4. The lowest BCUT2D eigenvalue weighted by atomic mass is 9.88. The molecule has 0 aliphatic carbocycles. The third-order valence-corrected chi connectivity index (χ3v) is 11.6. The van der Waals surface area contributed by atoms with Crippen molar-refractivity contribution in [2.24, 2.45) is 0 Å². The van der Waals surface area contributed by atoms with Crippen molar-refractivity contribution in [2.45, 2.75) is 59.8 Å². The van der Waals surface area contributed by atoms with Gasteiger partial charge in [0.2, 0.25) is 25.9 Å². The van der Waals surface area contributed by atoms with Crippen molar-refractivity contribution in [3.8, 4) is 11.6 Å². The van der Waals surface area contributed by atoms with Gasteiger partial charge in [-0.05, 0) is 44.4 Å². The van der Waals surface area contributed by atoms with Crippen molar-refractivity contribution in [1.82, 2.24) is 19.3 Å². The Hall–Kier alpha value is -2.57. The molecule has 1 aromatic heterocycles. The summed E-state index contributed by atoms with van der Waals surface area (Å²) in [6.45, 7) is 3.68. The molecule has 0 radical (unpaired) electrons. The van der Waals surface area contributed by atoms with E-state index in [-0.39, 0.29) is 35.6 Å². The Kier molecular flexibility index (Phi) is 10.0. The Morgan fingerprint density at radius 3 is 2.68 bits per heavy atom. The highest BCUT2D eigenvalue weighted by Gasteiger charge is 2.45. The molecule has 2 unspecified atom stereocenters. The fourth-order valence-electron chi connectivity index (χ4n) is 5.61. The van der Waals surface area contributed by atoms with Crippen LogP contribution in [0, 0.1) is 0 Å². The Labute approximate surface area is 258 Å². The van der Waals surface area contributed by atoms with Crippen LogP contribution in [0.4, 0.5) is 5.69 Å². The van der Waals surface area contributed by atoms with Gasteiger partial charge in [-0.25, -0.2) is 26.5 Å². The molecular weight excluding hydrogens is 614 g/mol. The van der Waals surface area contributed by atoms with E-state index in [4.69, 9.17) is 19.3 Å². The first-order valence-electron chi connectivity index (χ1n) is 14.7. The number of rotatable bonds is 12. The summed E-state index contributed by atoms with van der Waals surface area (Å²) in [5.41, 5.74) is 0.231. The third kappa shape index (κ3) is 7.45. The van der Waals surface area contributed by atoms with Gasteiger partial charge in [-0.2, -0.15) is 4.31 Å². The van der Waals surface area contributed by atoms with Crippen molar-refractivity contribution >= 4 is 25.7 Å². The number of benzene rings is 1. The fourth-order valence-corrected chi connectivity index (χ4v) is 8.29. The minimum absolute atomic E-state index is 0.00304. The van der Waals surface area contributed by atoms with Crippen LogP contribution >= 0.6 is 0 Å². The lowest BCUT2D eigenvalue weighted by Crippen LogP contribution is -2.47. The van der Waals surface area contributed by atoms with E-state index in [1.54, 1.807) is 25.1 Å². The summed E-state index contributed by atoms with van der Waals surface area (Å²) in [7, 11) is -5.67. The molecule has 3 aliphatic heterocycles. The Balaban J connectivity index is 1.08. The van der Waals surface area contributed by atoms with Crippen LogP contribution in [0.3, 0.4) is 0 Å². The molecule has 44 heavy (non-hydrogen) atoms. The van der Waals surface area contributed by atoms with Gasteiger partial charge in [0.25, 0.3) is 0 Å². The molecule has 1 spiro atoms. The minimum Gasteiger partial charge on any atom is -0.491 e. The van der Waals surface area contributed by atoms with Gasteiger partial charge in [-0.15, -0.1) is 0 Å². The number of nitrogens with zero attached hydrogens (tertiary/aromatic N) is 3. The highest BCUT2D eigenvalue weighted by atomic mass is 32.2. The number of anilines is 1. The molecule has 1 aromatic carbocycles. The van der Waals surface area contributed by atoms with Crippen LogP contribution in [0.25, 0.3) is 0 Å². The van der Waals surface area contributed by atoms with Crippen molar-refractivity contribution in [3.63, 3.8) is 0 Å². The van der Waals surface area contributed by atoms with E-state index in [1.165, 1.54) is 22.6 Å². The van der Waals surface area contributed by atoms with Gasteiger partial charge >= 0.3 is 0 Å². The van der Waals surface area contributed by atoms with E-state index in [1.807, 2.05) is 11.9 Å². The summed E-state index contributed by atoms with van der Waals surface area (Å²) in [6, 6.07) is 6.91. The van der Waals surface area contributed by atoms with Gasteiger partial charge < -0.3 is 34.6 Å². The van der Waals surface area contributed by atoms with Gasteiger partial charge in [0.1, 0.15) is 35.7 Å². The number of piperidine rings is 1. The molecule has 4 heterocycles. The minimum atomic E-state index is -3.82. The van der Waals surface area contributed by atoms with Crippen LogP contribution in [0.1, 0.15) is 26.2 Å². The zero-order valence-corrected chi connectivity index (χ0v) is 26.5. The van der Waals surface area contributed by atoms with Crippen LogP contribution in [0.5, 0.6) is 11.6 Å². The number of ether oxygens (including phenoxy) is 3. The molecule has 2 saturated heterocycles. The van der Waals surface area contributed by atoms with E-state index in [9.17, 15) is 21.9 Å². The Bertz CT molecular complexity index is 1520. The topological polar surface area (TPSA) is 180 Å². The van der Waals surface area contributed by atoms with Gasteiger partial charge in [-0.3, -0.25) is 0 Å². The maximum absolute atomic E-state index is 13.4. The molecule has 2 fully saturated rings. The average molecular weight is 656 g/mol. The monoisotopic (exact) mass is 655 g/mol. The highest BCUT2D eigenvalue weighted by Crippen LogP contribution is 2.38. The van der Waals surface area contributed by atoms with Crippen molar-refractivity contribution in [3.05, 3.63) is 36.5 Å². The summed E-state index contributed by atoms with van der Waals surface area (Å²) in [5.74, 6) is 0.729. The first-order chi connectivity index (χ1) is 20.9. The molecule has 3 atom stereocenters. The van der Waals surface area contributed by atoms with E-state index in [2.05, 4.69) is 15.0 Å². The Morgan fingerprint density at radius 2 is 1.93 bits per heavy atom. The second kappa shape index (κ2) is 13.4. The van der Waals surface area contributed by atoms with Gasteiger partial charge in [0.15, 0.2) is 0 Å². The summed E-state index contributed by atoms with van der Waals surface area (Å²) in [6.07, 6.45) is 2.30. The van der Waals surface area contributed by atoms with Crippen LogP contribution < -0.4 is 24.4 Å². The van der Waals surface area contributed by atoms with Gasteiger partial charge in [-0.1, -0.05) is 6.07 Å². The number of hydrogen-bond donors (Lipinski definition) is 4. The largest absolute Gasteiger partial charge is 0.491 e. The standard InChI is InChI=1S/C28H41N5O9S2/c1-20(17-34)31-43(36,37)24-5-3-4-23(12-24)41-19-22(35)15-29-21-14-28(42-18-21)6-8-33(9-7-28)44(38,39)25-13-26-27(30-16-25)40-11-10-32(26)2/h3-5,12-13,16,20-22,29,31,34-35H,6-11,14-15,17-19H2,1-2H3/t20?,21-,22?/m1/s1. The number of hydrogen-bond acceptors (Lipinski definition) is 12. The van der Waals surface area contributed by atoms with Crippen molar-refractivity contribution in [2.75, 3.05) is 64.6 Å². The summed E-state index contributed by atoms with van der Waals surface area (Å²) >= 11 is 0. The van der Waals surface area contributed by atoms with Crippen LogP contribution in [-0.4, -0.2) is 120 Å². The average Bonchev–Trinajstić information content (AvgIpc) is 3.41. The summed E-state index contributed by atoms with van der Waals surface area (Å²) < 4.78 is 73.0. The van der Waals surface area contributed by atoms with Crippen molar-refractivity contribution < 1.29 is 41.3 Å². The zero-order chi connectivity index (χ0) is 31.5. The van der Waals surface area contributed by atoms with E-state index in [0.29, 0.717) is 69.4 Å². The number of aliphatic hydroxyl groups is 2. The second-order valence-corrected chi connectivity index (χ2v) is 15.3. The molecule has 14 nitrogen and oxygen atoms in total. The number of aromatic nitrogens is 1. The number of pyridine rings is 1. The molecule has 3 aliphatic rings. The van der Waals surface area contributed by atoms with E-state index < -0.39 is 37.8 Å². The molecule has 0 saturated carbocycles. The predicted molar refractivity (Wildman–Crippen MR) is 161 cm³/mol. The normalized spacial score (nSPS) is 21.9. The predicted octanol–water partition coefficient (Wildman–Crippen LogP) is -0.0890. The number of nitrogens with one attached hydrogen (secondary N) is 2. The smallest absolute Gasteiger partial charge is 0.244 e. The number of fused-ring (bicyclic) bond motifs is 1. The van der Waals surface area contributed by atoms with Crippen LogP contribution in [0.15, 0.2) is 46.3 Å². The molecule has 4 N–H and O–H groups in total. The van der Waals surface area contributed by atoms with Gasteiger partial charge in [0.05, 0.1) is 36.5 Å². The number of aliphatic hydroxyl groups excluding tert-OH is 2. The number of likely N-dealkylation sites (N-methyl/N-ethyl adjacent to an activating group) is 1. The second-order valence-electron chi connectivity index (χ2n) is 11.6. The molecule has 0 bridgehead atoms. The maximum Gasteiger partial charge on any atom is 0.244 e. The van der Waals surface area contributed by atoms with Crippen molar-refractivity contribution in [1.29, 1.82) is 0 Å². The van der Waals surface area contributed by atoms with Crippen LogP contribution in [0.2, 0.25) is 0 Å². The van der Waals surface area contributed by atoms with Crippen LogP contribution in [-0.2, 0) is 24.8 Å².